The van der Waals surface area contributed by atoms with Crippen LogP contribution >= 0.6 is 0 Å². The van der Waals surface area contributed by atoms with Crippen molar-refractivity contribution in [1.29, 1.82) is 0 Å². The minimum Gasteiger partial charge on any atom is -0.307 e. The molecule has 1 aromatic rings. The zero-order chi connectivity index (χ0) is 11.9. The summed E-state index contributed by atoms with van der Waals surface area (Å²) in [6, 6.07) is 12.0. The van der Waals surface area contributed by atoms with E-state index in [0.717, 1.165) is 0 Å². The Morgan fingerprint density at radius 2 is 1.88 bits per heavy atom. The van der Waals surface area contributed by atoms with Gasteiger partial charge >= 0.3 is 0 Å². The van der Waals surface area contributed by atoms with Crippen LogP contribution in [0.5, 0.6) is 0 Å². The van der Waals surface area contributed by atoms with Crippen LogP contribution in [0, 0.1) is 0 Å². The molecule has 17 heavy (non-hydrogen) atoms. The van der Waals surface area contributed by atoms with Crippen LogP contribution in [0.2, 0.25) is 0 Å². The molecule has 0 spiro atoms. The van der Waals surface area contributed by atoms with E-state index in [0.29, 0.717) is 12.1 Å². The van der Waals surface area contributed by atoms with Gasteiger partial charge in [-0.3, -0.25) is 0 Å². The molecule has 2 rings (SSSR count). The predicted molar refractivity (Wildman–Crippen MR) is 74.0 cm³/mol. The fourth-order valence-electron chi connectivity index (χ4n) is 2.48. The summed E-state index contributed by atoms with van der Waals surface area (Å²) in [6.45, 7) is 2.26. The van der Waals surface area contributed by atoms with Crippen LogP contribution in [0.1, 0.15) is 50.6 Å². The van der Waals surface area contributed by atoms with Gasteiger partial charge in [-0.2, -0.15) is 0 Å². The Morgan fingerprint density at radius 1 is 1.18 bits per heavy atom. The summed E-state index contributed by atoms with van der Waals surface area (Å²) < 4.78 is 0. The normalized spacial score (nSPS) is 17.5. The second kappa shape index (κ2) is 6.61. The number of nitrogens with one attached hydrogen (secondary N) is 1. The Morgan fingerprint density at radius 3 is 2.53 bits per heavy atom. The van der Waals surface area contributed by atoms with Crippen molar-refractivity contribution in [3.8, 4) is 0 Å². The van der Waals surface area contributed by atoms with E-state index in [1.54, 1.807) is 0 Å². The monoisotopic (exact) mass is 229 g/mol. The number of unbranched alkanes of at least 4 members (excludes halogenated alkanes) is 1. The second-order valence-electron chi connectivity index (χ2n) is 4.91. The van der Waals surface area contributed by atoms with Gasteiger partial charge in [-0.05, 0) is 24.8 Å². The largest absolute Gasteiger partial charge is 0.307 e. The van der Waals surface area contributed by atoms with Crippen molar-refractivity contribution in [3.63, 3.8) is 0 Å². The van der Waals surface area contributed by atoms with Crippen LogP contribution in [-0.4, -0.2) is 6.04 Å². The summed E-state index contributed by atoms with van der Waals surface area (Å²) in [6.07, 6.45) is 10.8. The summed E-state index contributed by atoms with van der Waals surface area (Å²) >= 11 is 0. The van der Waals surface area contributed by atoms with E-state index in [4.69, 9.17) is 0 Å². The summed E-state index contributed by atoms with van der Waals surface area (Å²) in [5.74, 6) is 0. The van der Waals surface area contributed by atoms with E-state index < -0.39 is 0 Å². The van der Waals surface area contributed by atoms with Gasteiger partial charge in [-0.1, -0.05) is 62.2 Å². The van der Waals surface area contributed by atoms with Gasteiger partial charge < -0.3 is 5.32 Å². The lowest BCUT2D eigenvalue weighted by Gasteiger charge is -2.23. The SMILES string of the molecule is CCCCC(NC1CC=CC1)c1ccccc1. The summed E-state index contributed by atoms with van der Waals surface area (Å²) in [7, 11) is 0. The molecule has 1 aromatic carbocycles. The van der Waals surface area contributed by atoms with Crippen molar-refractivity contribution in [3.05, 3.63) is 48.0 Å². The molecule has 0 aliphatic heterocycles. The molecule has 1 heteroatoms. The van der Waals surface area contributed by atoms with E-state index in [-0.39, 0.29) is 0 Å². The lowest BCUT2D eigenvalue weighted by atomic mass is 10.00. The van der Waals surface area contributed by atoms with E-state index in [2.05, 4.69) is 54.7 Å². The van der Waals surface area contributed by atoms with E-state index in [1.807, 2.05) is 0 Å². The Bertz CT molecular complexity index is 334. The summed E-state index contributed by atoms with van der Waals surface area (Å²) in [4.78, 5) is 0. The van der Waals surface area contributed by atoms with Gasteiger partial charge in [0.2, 0.25) is 0 Å². The second-order valence-corrected chi connectivity index (χ2v) is 4.91. The van der Waals surface area contributed by atoms with E-state index in [1.165, 1.54) is 37.7 Å². The molecule has 0 saturated heterocycles. The Labute approximate surface area is 105 Å². The highest BCUT2D eigenvalue weighted by molar-refractivity contribution is 5.19. The molecule has 1 N–H and O–H groups in total. The fraction of sp³-hybridized carbons (Fsp3) is 0.500. The third-order valence-electron chi connectivity index (χ3n) is 3.49. The molecule has 0 amide bonds. The lowest BCUT2D eigenvalue weighted by Crippen LogP contribution is -2.30. The smallest absolute Gasteiger partial charge is 0.0322 e. The van der Waals surface area contributed by atoms with Crippen molar-refractivity contribution in [1.82, 2.24) is 5.32 Å². The number of hydrogen-bond acceptors (Lipinski definition) is 1. The average molecular weight is 229 g/mol. The van der Waals surface area contributed by atoms with Crippen molar-refractivity contribution >= 4 is 0 Å². The third kappa shape index (κ3) is 3.71. The Hall–Kier alpha value is -1.08. The number of benzene rings is 1. The summed E-state index contributed by atoms with van der Waals surface area (Å²) in [5, 5.41) is 3.80. The molecule has 0 aromatic heterocycles. The minimum absolute atomic E-state index is 0.529. The first kappa shape index (κ1) is 12.4. The van der Waals surface area contributed by atoms with Gasteiger partial charge in [0, 0.05) is 12.1 Å². The third-order valence-corrected chi connectivity index (χ3v) is 3.49. The quantitative estimate of drug-likeness (QED) is 0.720. The molecule has 92 valence electrons. The van der Waals surface area contributed by atoms with E-state index >= 15 is 0 Å². The molecule has 0 bridgehead atoms. The molecular formula is C16H23N. The molecule has 0 heterocycles. The maximum absolute atomic E-state index is 3.80. The molecule has 0 fully saturated rings. The Balaban J connectivity index is 1.97. The van der Waals surface area contributed by atoms with Crippen LogP contribution in [0.15, 0.2) is 42.5 Å². The van der Waals surface area contributed by atoms with Gasteiger partial charge in [0.05, 0.1) is 0 Å². The highest BCUT2D eigenvalue weighted by Crippen LogP contribution is 2.22. The first-order chi connectivity index (χ1) is 8.40. The molecule has 1 atom stereocenters. The molecule has 1 aliphatic rings. The Kier molecular flexibility index (Phi) is 4.81. The van der Waals surface area contributed by atoms with Gasteiger partial charge in [-0.25, -0.2) is 0 Å². The van der Waals surface area contributed by atoms with Crippen molar-refractivity contribution in [2.45, 2.75) is 51.1 Å². The molecular weight excluding hydrogens is 206 g/mol. The predicted octanol–water partition coefficient (Wildman–Crippen LogP) is 4.23. The van der Waals surface area contributed by atoms with Crippen LogP contribution in [0.25, 0.3) is 0 Å². The first-order valence-electron chi connectivity index (χ1n) is 6.86. The van der Waals surface area contributed by atoms with Crippen LogP contribution < -0.4 is 5.32 Å². The lowest BCUT2D eigenvalue weighted by molar-refractivity contribution is 0.417. The van der Waals surface area contributed by atoms with Crippen molar-refractivity contribution in [2.24, 2.45) is 0 Å². The maximum atomic E-state index is 3.80. The van der Waals surface area contributed by atoms with Crippen LogP contribution in [0.3, 0.4) is 0 Å². The topological polar surface area (TPSA) is 12.0 Å². The fourth-order valence-corrected chi connectivity index (χ4v) is 2.48. The highest BCUT2D eigenvalue weighted by Gasteiger charge is 2.16. The standard InChI is InChI=1S/C16H23N/c1-2-3-13-16(14-9-5-4-6-10-14)17-15-11-7-8-12-15/h4-10,15-17H,2-3,11-13H2,1H3. The van der Waals surface area contributed by atoms with Gasteiger partial charge in [0.15, 0.2) is 0 Å². The maximum Gasteiger partial charge on any atom is 0.0322 e. The van der Waals surface area contributed by atoms with Gasteiger partial charge in [-0.15, -0.1) is 0 Å². The zero-order valence-electron chi connectivity index (χ0n) is 10.7. The average Bonchev–Trinajstić information content (AvgIpc) is 2.88. The van der Waals surface area contributed by atoms with Crippen molar-refractivity contribution < 1.29 is 0 Å². The molecule has 1 nitrogen and oxygen atoms in total. The highest BCUT2D eigenvalue weighted by atomic mass is 14.9. The number of rotatable bonds is 6. The minimum atomic E-state index is 0.529. The molecule has 1 aliphatic carbocycles. The van der Waals surface area contributed by atoms with Crippen molar-refractivity contribution in [2.75, 3.05) is 0 Å². The zero-order valence-corrected chi connectivity index (χ0v) is 10.7. The van der Waals surface area contributed by atoms with Gasteiger partial charge in [0.1, 0.15) is 0 Å². The summed E-state index contributed by atoms with van der Waals surface area (Å²) in [5.41, 5.74) is 1.44. The number of hydrogen-bond donors (Lipinski definition) is 1. The molecule has 1 unspecified atom stereocenters. The first-order valence-corrected chi connectivity index (χ1v) is 6.86. The molecule has 0 saturated carbocycles. The van der Waals surface area contributed by atoms with Gasteiger partial charge in [0.25, 0.3) is 0 Å². The van der Waals surface area contributed by atoms with Crippen LogP contribution in [0.4, 0.5) is 0 Å². The van der Waals surface area contributed by atoms with E-state index in [9.17, 15) is 0 Å². The van der Waals surface area contributed by atoms with Crippen LogP contribution in [-0.2, 0) is 0 Å². The molecule has 0 radical (unpaired) electrons.